The van der Waals surface area contributed by atoms with Gasteiger partial charge >= 0.3 is 12.8 Å². The number of nitrogens with zero attached hydrogens (tertiary/aromatic N) is 3. The van der Waals surface area contributed by atoms with E-state index in [1.165, 1.54) is 109 Å². The molecule has 3 amide bonds. The first kappa shape index (κ1) is 60.1. The summed E-state index contributed by atoms with van der Waals surface area (Å²) in [7, 11) is 1.54. The number of unbranched alkanes of at least 4 members (excludes halogenated alkanes) is 23. The molecule has 1 aliphatic heterocycles. The third-order valence-electron chi connectivity index (χ3n) is 12.6. The number of H-pyrrole nitrogens is 1. The number of imidazole rings is 1. The summed E-state index contributed by atoms with van der Waals surface area (Å²) < 4.78 is 30.2. The zero-order valence-corrected chi connectivity index (χ0v) is 44.0. The monoisotopic (exact) mass is 1010 g/mol. The summed E-state index contributed by atoms with van der Waals surface area (Å²) in [5, 5.41) is 8.63. The Morgan fingerprint density at radius 2 is 1.30 bits per heavy atom. The van der Waals surface area contributed by atoms with Gasteiger partial charge in [0.1, 0.15) is 18.4 Å². The number of carbonyl (C=O) groups excluding carboxylic acids is 3. The number of aromatic nitrogens is 4. The smallest absolute Gasteiger partial charge is 0.407 e. The lowest BCUT2D eigenvalue weighted by atomic mass is 10.1. The predicted molar refractivity (Wildman–Crippen MR) is 275 cm³/mol. The van der Waals surface area contributed by atoms with E-state index in [4.69, 9.17) is 40.8 Å². The number of nitrogen functional groups attached to an aromatic ring is 1. The first-order chi connectivity index (χ1) is 33.5. The highest BCUT2D eigenvalue weighted by Crippen LogP contribution is 2.45. The summed E-state index contributed by atoms with van der Waals surface area (Å²) >= 11 is 5.25. The van der Waals surface area contributed by atoms with Crippen molar-refractivity contribution in [2.24, 2.45) is 0 Å². The number of methoxy groups -OCH3 is 1. The molecule has 1 saturated heterocycles. The number of hydrogen-bond donors (Lipinski definition) is 6. The second-order valence-corrected chi connectivity index (χ2v) is 21.4. The van der Waals surface area contributed by atoms with Crippen LogP contribution >= 0.6 is 6.72 Å². The van der Waals surface area contributed by atoms with Crippen LogP contribution in [0.2, 0.25) is 0 Å². The molecule has 0 radical (unpaired) electrons. The molecule has 2 aromatic rings. The molecule has 4 unspecified atom stereocenters. The van der Waals surface area contributed by atoms with Crippen LogP contribution in [0.15, 0.2) is 11.1 Å². The number of anilines is 1. The zero-order valence-electron chi connectivity index (χ0n) is 42.3. The van der Waals surface area contributed by atoms with Gasteiger partial charge in [-0.05, 0) is 37.5 Å². The Hall–Kier alpha value is -3.19. The molecule has 0 bridgehead atoms. The van der Waals surface area contributed by atoms with Gasteiger partial charge in [-0.3, -0.25) is 23.9 Å². The van der Waals surface area contributed by atoms with E-state index in [1.54, 1.807) is 11.7 Å². The molecule has 0 spiro atoms. The van der Waals surface area contributed by atoms with Gasteiger partial charge in [0.15, 0.2) is 11.2 Å². The molecule has 0 saturated carbocycles. The van der Waals surface area contributed by atoms with Crippen LogP contribution < -0.4 is 27.2 Å². The maximum absolute atomic E-state index is 12.8. The van der Waals surface area contributed by atoms with Gasteiger partial charge in [-0.1, -0.05) is 155 Å². The molecule has 7 N–H and O–H groups in total. The predicted octanol–water partition coefficient (Wildman–Crippen LogP) is 9.54. The van der Waals surface area contributed by atoms with Crippen molar-refractivity contribution in [2.45, 2.75) is 225 Å². The number of rotatable bonds is 42. The lowest BCUT2D eigenvalue weighted by Crippen LogP contribution is -2.44. The Morgan fingerprint density at radius 3 is 1.84 bits per heavy atom. The molecule has 1 fully saturated rings. The lowest BCUT2D eigenvalue weighted by molar-refractivity contribution is -0.121. The minimum Gasteiger partial charge on any atom is -0.442 e. The number of alkyl carbamates (subject to hydrolysis) is 1. The standard InChI is InChI=1S/C49H89N8O10PS/c1-4-6-8-10-12-14-16-18-20-22-26-30-42(58)52-35-39(36-53-43(59)31-27-23-21-19-17-15-13-11-9-7-5-2)66-49(61)51-32-28-24-25-29-33-64-68(62,69)65-37-41-40(63-3)34-44(67-41)57-38-54-45-46(57)55-48(50)56-47(45)60/h38-41,44H,4-37H2,1-3H3,(H,51,61)(H,52,58)(H,53,59)(H,62,69)(H3,50,55,56,60). The fraction of sp³-hybridized carbons (Fsp3) is 0.837. The maximum Gasteiger partial charge on any atom is 0.407 e. The van der Waals surface area contributed by atoms with Crippen LogP contribution in [0.25, 0.3) is 11.2 Å². The van der Waals surface area contributed by atoms with Gasteiger partial charge < -0.3 is 49.8 Å². The van der Waals surface area contributed by atoms with Crippen molar-refractivity contribution in [1.82, 2.24) is 35.5 Å². The van der Waals surface area contributed by atoms with E-state index in [0.29, 0.717) is 38.6 Å². The molecule has 20 heteroatoms. The van der Waals surface area contributed by atoms with Crippen LogP contribution in [0.3, 0.4) is 0 Å². The van der Waals surface area contributed by atoms with E-state index in [9.17, 15) is 24.1 Å². The van der Waals surface area contributed by atoms with Gasteiger partial charge in [-0.25, -0.2) is 9.78 Å². The van der Waals surface area contributed by atoms with Crippen molar-refractivity contribution in [2.75, 3.05) is 45.7 Å². The van der Waals surface area contributed by atoms with Crippen LogP contribution in [0.5, 0.6) is 0 Å². The zero-order chi connectivity index (χ0) is 50.0. The SMILES string of the molecule is CCCCCCCCCCCCCC(=O)NCC(CNC(=O)CCCCCCCCCCCCC)OC(=O)NCCCCCCOP(O)(=S)OCC1OC(n2cnc3c(=O)[nH]c(N)nc32)CC1OC. The van der Waals surface area contributed by atoms with Gasteiger partial charge in [0, 0.05) is 32.9 Å². The van der Waals surface area contributed by atoms with Crippen molar-refractivity contribution in [3.05, 3.63) is 16.7 Å². The Balaban J connectivity index is 1.30. The first-order valence-corrected chi connectivity index (χ1v) is 29.1. The minimum absolute atomic E-state index is 0.0405. The Kier molecular flexibility index (Phi) is 32.0. The van der Waals surface area contributed by atoms with Crippen LogP contribution in [0.4, 0.5) is 10.7 Å². The van der Waals surface area contributed by atoms with Gasteiger partial charge in [-0.2, -0.15) is 4.98 Å². The number of amides is 3. The number of ether oxygens (including phenoxy) is 3. The fourth-order valence-corrected chi connectivity index (χ4v) is 9.63. The van der Waals surface area contributed by atoms with Crippen LogP contribution in [-0.4, -0.2) is 101 Å². The second-order valence-electron chi connectivity index (χ2n) is 18.6. The molecule has 4 atom stereocenters. The molecule has 69 heavy (non-hydrogen) atoms. The maximum atomic E-state index is 12.8. The summed E-state index contributed by atoms with van der Waals surface area (Å²) in [5.41, 5.74) is 5.70. The van der Waals surface area contributed by atoms with Crippen molar-refractivity contribution in [3.63, 3.8) is 0 Å². The Morgan fingerprint density at radius 1 is 0.797 bits per heavy atom. The third kappa shape index (κ3) is 26.7. The number of carbonyl (C=O) groups is 3. The molecule has 3 rings (SSSR count). The van der Waals surface area contributed by atoms with Crippen molar-refractivity contribution >= 4 is 53.5 Å². The molecular weight excluding hydrogens is 924 g/mol. The Labute approximate surface area is 417 Å². The normalized spacial score (nSPS) is 16.8. The molecule has 396 valence electrons. The van der Waals surface area contributed by atoms with Crippen LogP contribution in [-0.2, 0) is 44.7 Å². The molecule has 2 aromatic heterocycles. The summed E-state index contributed by atoms with van der Waals surface area (Å²) in [6, 6.07) is 0. The highest BCUT2D eigenvalue weighted by Gasteiger charge is 2.38. The number of hydrogen-bond acceptors (Lipinski definition) is 13. The average molecular weight is 1010 g/mol. The molecule has 0 aliphatic carbocycles. The summed E-state index contributed by atoms with van der Waals surface area (Å²) in [6.45, 7) is 1.62. The van der Waals surface area contributed by atoms with Crippen molar-refractivity contribution < 1.29 is 42.5 Å². The van der Waals surface area contributed by atoms with Gasteiger partial charge in [0.25, 0.3) is 5.56 Å². The van der Waals surface area contributed by atoms with Crippen molar-refractivity contribution in [3.8, 4) is 0 Å². The van der Waals surface area contributed by atoms with E-state index in [0.717, 1.165) is 51.4 Å². The number of aromatic amines is 1. The topological polar surface area (TPSA) is 243 Å². The van der Waals surface area contributed by atoms with E-state index in [2.05, 4.69) is 44.7 Å². The molecule has 1 aliphatic rings. The molecule has 0 aromatic carbocycles. The fourth-order valence-electron chi connectivity index (χ4n) is 8.46. The number of nitrogens with one attached hydrogen (secondary N) is 4. The van der Waals surface area contributed by atoms with Gasteiger partial charge in [0.2, 0.25) is 17.8 Å². The number of nitrogens with two attached hydrogens (primary N) is 1. The minimum atomic E-state index is -3.58. The molecule has 18 nitrogen and oxygen atoms in total. The van der Waals surface area contributed by atoms with Crippen molar-refractivity contribution in [1.29, 1.82) is 0 Å². The summed E-state index contributed by atoms with van der Waals surface area (Å²) in [4.78, 5) is 72.0. The first-order valence-electron chi connectivity index (χ1n) is 26.5. The van der Waals surface area contributed by atoms with Crippen LogP contribution in [0.1, 0.15) is 206 Å². The average Bonchev–Trinajstić information content (AvgIpc) is 3.95. The highest BCUT2D eigenvalue weighted by atomic mass is 32.5. The van der Waals surface area contributed by atoms with Gasteiger partial charge in [0.05, 0.1) is 38.7 Å². The third-order valence-corrected chi connectivity index (χ3v) is 14.2. The number of fused-ring (bicyclic) bond motifs is 1. The van der Waals surface area contributed by atoms with Crippen LogP contribution in [0, 0.1) is 0 Å². The lowest BCUT2D eigenvalue weighted by Gasteiger charge is -2.21. The van der Waals surface area contributed by atoms with E-state index in [1.807, 2.05) is 0 Å². The quantitative estimate of drug-likeness (QED) is 0.0268. The molecule has 3 heterocycles. The van der Waals surface area contributed by atoms with Gasteiger partial charge in [-0.15, -0.1) is 0 Å². The largest absolute Gasteiger partial charge is 0.442 e. The highest BCUT2D eigenvalue weighted by molar-refractivity contribution is 8.07. The second kappa shape index (κ2) is 36.7. The Bertz CT molecular complexity index is 1780. The van der Waals surface area contributed by atoms with E-state index in [-0.39, 0.29) is 55.2 Å². The summed E-state index contributed by atoms with van der Waals surface area (Å²) in [5.74, 6) is -0.206. The molecular formula is C49H89N8O10PS. The van der Waals surface area contributed by atoms with E-state index < -0.39 is 42.9 Å². The van der Waals surface area contributed by atoms with E-state index >= 15 is 0 Å². The summed E-state index contributed by atoms with van der Waals surface area (Å²) in [6.07, 6.45) is 29.2.